The van der Waals surface area contributed by atoms with E-state index in [1.807, 2.05) is 0 Å². The average molecular weight is 252 g/mol. The summed E-state index contributed by atoms with van der Waals surface area (Å²) in [5.41, 5.74) is 0. The lowest BCUT2D eigenvalue weighted by Crippen LogP contribution is -2.52. The van der Waals surface area contributed by atoms with Crippen LogP contribution in [0.2, 0.25) is 0 Å². The van der Waals surface area contributed by atoms with Crippen molar-refractivity contribution in [2.24, 2.45) is 5.92 Å². The van der Waals surface area contributed by atoms with Crippen molar-refractivity contribution in [3.63, 3.8) is 0 Å². The van der Waals surface area contributed by atoms with Crippen LogP contribution >= 0.6 is 0 Å². The van der Waals surface area contributed by atoms with E-state index in [9.17, 15) is 0 Å². The minimum Gasteiger partial charge on any atom is -0.314 e. The molecule has 1 saturated carbocycles. The van der Waals surface area contributed by atoms with Gasteiger partial charge in [0.05, 0.1) is 0 Å². The van der Waals surface area contributed by atoms with Crippen molar-refractivity contribution in [3.8, 4) is 0 Å². The molecule has 2 nitrogen and oxygen atoms in total. The van der Waals surface area contributed by atoms with E-state index in [-0.39, 0.29) is 0 Å². The normalized spacial score (nSPS) is 32.3. The van der Waals surface area contributed by atoms with E-state index in [1.165, 1.54) is 64.5 Å². The Hall–Kier alpha value is -0.0800. The monoisotopic (exact) mass is 252 g/mol. The molecule has 0 radical (unpaired) electrons. The molecule has 0 amide bonds. The molecule has 1 aliphatic carbocycles. The van der Waals surface area contributed by atoms with Gasteiger partial charge in [-0.2, -0.15) is 0 Å². The molecule has 2 atom stereocenters. The summed E-state index contributed by atoms with van der Waals surface area (Å²) >= 11 is 0. The summed E-state index contributed by atoms with van der Waals surface area (Å²) in [6.07, 6.45) is 11.5. The molecule has 1 N–H and O–H groups in total. The van der Waals surface area contributed by atoms with Crippen LogP contribution in [0.25, 0.3) is 0 Å². The van der Waals surface area contributed by atoms with Crippen molar-refractivity contribution in [3.05, 3.63) is 0 Å². The van der Waals surface area contributed by atoms with E-state index in [1.54, 1.807) is 0 Å². The molecular weight excluding hydrogens is 220 g/mol. The Bertz CT molecular complexity index is 221. The number of nitrogens with zero attached hydrogens (tertiary/aromatic N) is 1. The van der Waals surface area contributed by atoms with Crippen molar-refractivity contribution in [2.75, 3.05) is 19.6 Å². The zero-order valence-corrected chi connectivity index (χ0v) is 12.5. The molecule has 0 aromatic rings. The smallest absolute Gasteiger partial charge is 0.0119 e. The molecule has 18 heavy (non-hydrogen) atoms. The van der Waals surface area contributed by atoms with Gasteiger partial charge in [0.15, 0.2) is 0 Å². The van der Waals surface area contributed by atoms with Crippen LogP contribution in [0.5, 0.6) is 0 Å². The molecule has 106 valence electrons. The number of piperidine rings is 1. The molecule has 2 heteroatoms. The standard InChI is InChI=1S/C16H32N2/c1-3-14-13-18(12-11-16(14)17-4-2)15-9-7-5-6-8-10-15/h14-17H,3-13H2,1-2H3. The first-order chi connectivity index (χ1) is 8.85. The van der Waals surface area contributed by atoms with Crippen LogP contribution < -0.4 is 5.32 Å². The van der Waals surface area contributed by atoms with Crippen molar-refractivity contribution < 1.29 is 0 Å². The molecule has 2 unspecified atom stereocenters. The predicted molar refractivity (Wildman–Crippen MR) is 78.9 cm³/mol. The van der Waals surface area contributed by atoms with E-state index in [0.29, 0.717) is 0 Å². The first kappa shape index (κ1) is 14.3. The molecule has 2 fully saturated rings. The first-order valence-corrected chi connectivity index (χ1v) is 8.32. The molecule has 1 heterocycles. The summed E-state index contributed by atoms with van der Waals surface area (Å²) in [5, 5.41) is 3.69. The Morgan fingerprint density at radius 2 is 1.72 bits per heavy atom. The number of likely N-dealkylation sites (tertiary alicyclic amines) is 1. The third kappa shape index (κ3) is 3.71. The van der Waals surface area contributed by atoms with Gasteiger partial charge < -0.3 is 5.32 Å². The van der Waals surface area contributed by atoms with Crippen molar-refractivity contribution in [2.45, 2.75) is 77.3 Å². The van der Waals surface area contributed by atoms with Gasteiger partial charge in [0.25, 0.3) is 0 Å². The topological polar surface area (TPSA) is 15.3 Å². The lowest BCUT2D eigenvalue weighted by molar-refractivity contribution is 0.0871. The minimum absolute atomic E-state index is 0.780. The highest BCUT2D eigenvalue weighted by Gasteiger charge is 2.30. The predicted octanol–water partition coefficient (Wildman–Crippen LogP) is 3.42. The van der Waals surface area contributed by atoms with Crippen LogP contribution in [0.15, 0.2) is 0 Å². The molecular formula is C16H32N2. The second kappa shape index (κ2) is 7.49. The zero-order valence-electron chi connectivity index (χ0n) is 12.5. The van der Waals surface area contributed by atoms with Crippen molar-refractivity contribution in [1.82, 2.24) is 10.2 Å². The van der Waals surface area contributed by atoms with E-state index < -0.39 is 0 Å². The molecule has 2 aliphatic rings. The van der Waals surface area contributed by atoms with Crippen LogP contribution in [-0.4, -0.2) is 36.6 Å². The van der Waals surface area contributed by atoms with Crippen LogP contribution in [0.3, 0.4) is 0 Å². The fourth-order valence-corrected chi connectivity index (χ4v) is 3.96. The van der Waals surface area contributed by atoms with Gasteiger partial charge in [-0.3, -0.25) is 4.90 Å². The van der Waals surface area contributed by atoms with Gasteiger partial charge in [0.2, 0.25) is 0 Å². The van der Waals surface area contributed by atoms with Crippen LogP contribution in [-0.2, 0) is 0 Å². The highest BCUT2D eigenvalue weighted by atomic mass is 15.2. The third-order valence-electron chi connectivity index (χ3n) is 5.10. The fourth-order valence-electron chi connectivity index (χ4n) is 3.96. The van der Waals surface area contributed by atoms with E-state index in [0.717, 1.165) is 24.5 Å². The zero-order chi connectivity index (χ0) is 12.8. The Balaban J connectivity index is 1.87. The minimum atomic E-state index is 0.780. The van der Waals surface area contributed by atoms with Crippen LogP contribution in [0.1, 0.15) is 65.2 Å². The molecule has 0 aromatic carbocycles. The Labute approximate surface area is 114 Å². The van der Waals surface area contributed by atoms with Crippen LogP contribution in [0.4, 0.5) is 0 Å². The number of hydrogen-bond donors (Lipinski definition) is 1. The Morgan fingerprint density at radius 3 is 2.33 bits per heavy atom. The highest BCUT2D eigenvalue weighted by molar-refractivity contribution is 4.87. The largest absolute Gasteiger partial charge is 0.314 e. The van der Waals surface area contributed by atoms with Crippen molar-refractivity contribution >= 4 is 0 Å². The molecule has 0 bridgehead atoms. The quantitative estimate of drug-likeness (QED) is 0.771. The van der Waals surface area contributed by atoms with E-state index >= 15 is 0 Å². The molecule has 1 saturated heterocycles. The number of rotatable bonds is 4. The van der Waals surface area contributed by atoms with Gasteiger partial charge >= 0.3 is 0 Å². The summed E-state index contributed by atoms with van der Waals surface area (Å²) in [4.78, 5) is 2.83. The van der Waals surface area contributed by atoms with Gasteiger partial charge in [0.1, 0.15) is 0 Å². The van der Waals surface area contributed by atoms with Crippen molar-refractivity contribution in [1.29, 1.82) is 0 Å². The van der Waals surface area contributed by atoms with Gasteiger partial charge in [-0.25, -0.2) is 0 Å². The fraction of sp³-hybridized carbons (Fsp3) is 1.00. The van der Waals surface area contributed by atoms with Gasteiger partial charge in [-0.05, 0) is 38.3 Å². The van der Waals surface area contributed by atoms with Gasteiger partial charge in [-0.1, -0.05) is 46.0 Å². The Morgan fingerprint density at radius 1 is 1.00 bits per heavy atom. The molecule has 0 spiro atoms. The summed E-state index contributed by atoms with van der Waals surface area (Å²) in [6.45, 7) is 8.41. The second-order valence-corrected chi connectivity index (χ2v) is 6.26. The Kier molecular flexibility index (Phi) is 5.97. The van der Waals surface area contributed by atoms with E-state index in [2.05, 4.69) is 24.1 Å². The summed E-state index contributed by atoms with van der Waals surface area (Å²) in [6, 6.07) is 1.69. The number of hydrogen-bond acceptors (Lipinski definition) is 2. The lowest BCUT2D eigenvalue weighted by Gasteiger charge is -2.42. The average Bonchev–Trinajstić information content (AvgIpc) is 2.68. The summed E-state index contributed by atoms with van der Waals surface area (Å²) < 4.78 is 0. The lowest BCUT2D eigenvalue weighted by atomic mass is 9.88. The first-order valence-electron chi connectivity index (χ1n) is 8.32. The molecule has 2 rings (SSSR count). The van der Waals surface area contributed by atoms with E-state index in [4.69, 9.17) is 0 Å². The molecule has 1 aliphatic heterocycles. The number of nitrogens with one attached hydrogen (secondary N) is 1. The summed E-state index contributed by atoms with van der Waals surface area (Å²) in [7, 11) is 0. The highest BCUT2D eigenvalue weighted by Crippen LogP contribution is 2.27. The maximum absolute atomic E-state index is 3.69. The third-order valence-corrected chi connectivity index (χ3v) is 5.10. The SMILES string of the molecule is CCNC1CCN(C2CCCCCC2)CC1CC. The maximum atomic E-state index is 3.69. The van der Waals surface area contributed by atoms with Gasteiger partial charge in [0, 0.05) is 18.6 Å². The molecule has 0 aromatic heterocycles. The van der Waals surface area contributed by atoms with Gasteiger partial charge in [-0.15, -0.1) is 0 Å². The second-order valence-electron chi connectivity index (χ2n) is 6.26. The van der Waals surface area contributed by atoms with Crippen LogP contribution in [0, 0.1) is 5.92 Å². The maximum Gasteiger partial charge on any atom is 0.0119 e. The summed E-state index contributed by atoms with van der Waals surface area (Å²) in [5.74, 6) is 0.877.